The average Bonchev–Trinajstić information content (AvgIpc) is 3.18. The Hall–Kier alpha value is -2.38. The molecule has 132 valence electrons. The number of fused-ring (bicyclic) bond motifs is 1. The number of rotatable bonds is 4. The Bertz CT molecular complexity index is 754. The van der Waals surface area contributed by atoms with E-state index in [4.69, 9.17) is 9.47 Å². The summed E-state index contributed by atoms with van der Waals surface area (Å²) in [5.41, 5.74) is 2.56. The number of nitrogens with zero attached hydrogens (tertiary/aromatic N) is 1. The Morgan fingerprint density at radius 3 is 2.96 bits per heavy atom. The van der Waals surface area contributed by atoms with E-state index in [9.17, 15) is 9.18 Å². The van der Waals surface area contributed by atoms with Gasteiger partial charge in [0.1, 0.15) is 18.2 Å². The molecule has 0 radical (unpaired) electrons. The van der Waals surface area contributed by atoms with Crippen LogP contribution < -0.4 is 10.6 Å². The molecule has 0 aromatic heterocycles. The molecule has 1 saturated heterocycles. The molecule has 0 saturated carbocycles. The first-order valence-electron chi connectivity index (χ1n) is 8.43. The topological polar surface area (TPSA) is 62.8 Å². The number of anilines is 1. The lowest BCUT2D eigenvalue weighted by Crippen LogP contribution is -2.40. The van der Waals surface area contributed by atoms with Gasteiger partial charge in [-0.05, 0) is 18.2 Å². The van der Waals surface area contributed by atoms with Crippen molar-refractivity contribution in [3.05, 3.63) is 47.1 Å². The Kier molecular flexibility index (Phi) is 4.42. The number of morpholine rings is 1. The second-order valence-electron chi connectivity index (χ2n) is 6.22. The third-order valence-corrected chi connectivity index (χ3v) is 4.54. The number of hydrogen-bond acceptors (Lipinski definition) is 5. The summed E-state index contributed by atoms with van der Waals surface area (Å²) >= 11 is 0. The quantitative estimate of drug-likeness (QED) is 0.806. The Morgan fingerprint density at radius 1 is 1.28 bits per heavy atom. The lowest BCUT2D eigenvalue weighted by atomic mass is 10.1. The van der Waals surface area contributed by atoms with Crippen LogP contribution in [0, 0.1) is 5.82 Å². The predicted molar refractivity (Wildman–Crippen MR) is 91.2 cm³/mol. The summed E-state index contributed by atoms with van der Waals surface area (Å²) in [6.45, 7) is 5.65. The molecule has 2 N–H and O–H groups in total. The van der Waals surface area contributed by atoms with Gasteiger partial charge in [-0.15, -0.1) is 0 Å². The molecule has 0 aliphatic carbocycles. The molecule has 3 aliphatic heterocycles. The highest BCUT2D eigenvalue weighted by molar-refractivity contribution is 6.32. The van der Waals surface area contributed by atoms with Gasteiger partial charge in [0.2, 0.25) is 0 Å². The van der Waals surface area contributed by atoms with Gasteiger partial charge >= 0.3 is 0 Å². The third kappa shape index (κ3) is 3.38. The molecule has 0 spiro atoms. The molecular formula is C18H20FN3O3. The number of halogens is 1. The first-order chi connectivity index (χ1) is 12.2. The third-order valence-electron chi connectivity index (χ3n) is 4.54. The van der Waals surface area contributed by atoms with E-state index in [1.54, 1.807) is 6.07 Å². The van der Waals surface area contributed by atoms with Crippen molar-refractivity contribution in [1.29, 1.82) is 0 Å². The molecule has 1 aromatic rings. The first-order valence-corrected chi connectivity index (χ1v) is 8.43. The monoisotopic (exact) mass is 345 g/mol. The average molecular weight is 345 g/mol. The SMILES string of the molecule is O=C1Nc2cc(F)ccc2/C1=C1/C=C(NCCN2CCOCC2)CO1. The molecule has 4 rings (SSSR count). The van der Waals surface area contributed by atoms with Crippen molar-refractivity contribution in [3.8, 4) is 0 Å². The molecule has 6 nitrogen and oxygen atoms in total. The molecule has 7 heteroatoms. The predicted octanol–water partition coefficient (Wildman–Crippen LogP) is 1.32. The highest BCUT2D eigenvalue weighted by Crippen LogP contribution is 2.36. The molecule has 1 aromatic carbocycles. The van der Waals surface area contributed by atoms with Crippen LogP contribution >= 0.6 is 0 Å². The van der Waals surface area contributed by atoms with Crippen LogP contribution in [0.2, 0.25) is 0 Å². The van der Waals surface area contributed by atoms with Gasteiger partial charge in [0.15, 0.2) is 0 Å². The van der Waals surface area contributed by atoms with Crippen molar-refractivity contribution >= 4 is 17.2 Å². The maximum Gasteiger partial charge on any atom is 0.260 e. The Morgan fingerprint density at radius 2 is 2.12 bits per heavy atom. The summed E-state index contributed by atoms with van der Waals surface area (Å²) < 4.78 is 24.3. The van der Waals surface area contributed by atoms with Gasteiger partial charge in [-0.1, -0.05) is 0 Å². The van der Waals surface area contributed by atoms with Crippen LogP contribution in [0.1, 0.15) is 5.56 Å². The first kappa shape index (κ1) is 16.1. The Balaban J connectivity index is 1.44. The van der Waals surface area contributed by atoms with E-state index in [1.807, 2.05) is 6.08 Å². The zero-order valence-electron chi connectivity index (χ0n) is 13.8. The van der Waals surface area contributed by atoms with Crippen LogP contribution in [0.4, 0.5) is 10.1 Å². The Labute approximate surface area is 145 Å². The van der Waals surface area contributed by atoms with Crippen molar-refractivity contribution in [2.24, 2.45) is 0 Å². The van der Waals surface area contributed by atoms with Crippen molar-refractivity contribution < 1.29 is 18.7 Å². The second-order valence-corrected chi connectivity index (χ2v) is 6.22. The van der Waals surface area contributed by atoms with Crippen LogP contribution in [0.15, 0.2) is 35.7 Å². The van der Waals surface area contributed by atoms with Crippen molar-refractivity contribution in [2.45, 2.75) is 0 Å². The van der Waals surface area contributed by atoms with E-state index in [2.05, 4.69) is 15.5 Å². The lowest BCUT2D eigenvalue weighted by Gasteiger charge is -2.26. The maximum atomic E-state index is 13.3. The second kappa shape index (κ2) is 6.85. The highest BCUT2D eigenvalue weighted by atomic mass is 19.1. The fourth-order valence-corrected chi connectivity index (χ4v) is 3.23. The number of hydrogen-bond donors (Lipinski definition) is 2. The lowest BCUT2D eigenvalue weighted by molar-refractivity contribution is -0.110. The summed E-state index contributed by atoms with van der Waals surface area (Å²) in [7, 11) is 0. The number of carbonyl (C=O) groups is 1. The summed E-state index contributed by atoms with van der Waals surface area (Å²) in [6.07, 6.45) is 1.85. The number of ether oxygens (including phenoxy) is 2. The molecule has 0 bridgehead atoms. The summed E-state index contributed by atoms with van der Waals surface area (Å²) in [5.74, 6) is -0.114. The standard InChI is InChI=1S/C18H20FN3O3/c19-12-1-2-14-15(9-12)21-18(23)17(14)16-10-13(11-25-16)20-3-4-22-5-7-24-8-6-22/h1-2,9-10,20H,3-8,11H2,(H,21,23)/b17-16+. The molecule has 1 amide bonds. The molecule has 1 fully saturated rings. The fraction of sp³-hybridized carbons (Fsp3) is 0.389. The number of benzene rings is 1. The van der Waals surface area contributed by atoms with E-state index in [1.165, 1.54) is 12.1 Å². The highest BCUT2D eigenvalue weighted by Gasteiger charge is 2.30. The number of allylic oxidation sites excluding steroid dienone is 1. The molecule has 3 aliphatic rings. The molecule has 3 heterocycles. The molecule has 0 atom stereocenters. The van der Waals surface area contributed by atoms with E-state index in [0.717, 1.165) is 45.1 Å². The smallest absolute Gasteiger partial charge is 0.260 e. The van der Waals surface area contributed by atoms with Crippen LogP contribution in [0.3, 0.4) is 0 Å². The molecule has 25 heavy (non-hydrogen) atoms. The van der Waals surface area contributed by atoms with E-state index in [0.29, 0.717) is 29.2 Å². The fourth-order valence-electron chi connectivity index (χ4n) is 3.23. The summed E-state index contributed by atoms with van der Waals surface area (Å²) in [6, 6.07) is 4.27. The van der Waals surface area contributed by atoms with Gasteiger partial charge in [-0.3, -0.25) is 9.69 Å². The van der Waals surface area contributed by atoms with Gasteiger partial charge in [0.05, 0.1) is 30.2 Å². The van der Waals surface area contributed by atoms with Crippen molar-refractivity contribution in [3.63, 3.8) is 0 Å². The van der Waals surface area contributed by atoms with E-state index in [-0.39, 0.29) is 11.7 Å². The van der Waals surface area contributed by atoms with Crippen LogP contribution in [0.25, 0.3) is 5.57 Å². The van der Waals surface area contributed by atoms with Crippen molar-refractivity contribution in [1.82, 2.24) is 10.2 Å². The van der Waals surface area contributed by atoms with Gasteiger partial charge in [-0.25, -0.2) is 4.39 Å². The molecular weight excluding hydrogens is 325 g/mol. The maximum absolute atomic E-state index is 13.3. The minimum atomic E-state index is -0.376. The zero-order chi connectivity index (χ0) is 17.2. The van der Waals surface area contributed by atoms with Crippen LogP contribution in [0.5, 0.6) is 0 Å². The van der Waals surface area contributed by atoms with Crippen molar-refractivity contribution in [2.75, 3.05) is 51.3 Å². The number of nitrogens with one attached hydrogen (secondary N) is 2. The van der Waals surface area contributed by atoms with Gasteiger partial charge in [-0.2, -0.15) is 0 Å². The van der Waals surface area contributed by atoms with E-state index < -0.39 is 0 Å². The van der Waals surface area contributed by atoms with Crippen LogP contribution in [-0.4, -0.2) is 56.8 Å². The van der Waals surface area contributed by atoms with Gasteiger partial charge < -0.3 is 20.1 Å². The largest absolute Gasteiger partial charge is 0.486 e. The zero-order valence-corrected chi connectivity index (χ0v) is 13.8. The van der Waals surface area contributed by atoms with Gasteiger partial charge in [0, 0.05) is 37.8 Å². The minimum absolute atomic E-state index is 0.263. The summed E-state index contributed by atoms with van der Waals surface area (Å²) in [4.78, 5) is 14.6. The van der Waals surface area contributed by atoms with Crippen LogP contribution in [-0.2, 0) is 14.3 Å². The van der Waals surface area contributed by atoms with E-state index >= 15 is 0 Å². The molecule has 0 unspecified atom stereocenters. The number of carbonyl (C=O) groups excluding carboxylic acids is 1. The summed E-state index contributed by atoms with van der Waals surface area (Å²) in [5, 5.41) is 6.04. The normalized spacial score (nSPS) is 23.1. The van der Waals surface area contributed by atoms with Gasteiger partial charge in [0.25, 0.3) is 5.91 Å². The minimum Gasteiger partial charge on any atom is -0.486 e. The number of amides is 1.